The highest BCUT2D eigenvalue weighted by molar-refractivity contribution is 5.88. The van der Waals surface area contributed by atoms with Crippen molar-refractivity contribution >= 4 is 5.97 Å². The van der Waals surface area contributed by atoms with Crippen LogP contribution < -0.4 is 0 Å². The second kappa shape index (κ2) is 6.61. The maximum absolute atomic E-state index is 11.5. The smallest absolute Gasteiger partial charge is 0.341 e. The SMILES string of the molecule is C=CCc1ccc(-c2ncc(C(=O)OCC)cn2)cc1. The van der Waals surface area contributed by atoms with Gasteiger partial charge in [-0.2, -0.15) is 0 Å². The van der Waals surface area contributed by atoms with Crippen molar-refractivity contribution in [1.82, 2.24) is 9.97 Å². The topological polar surface area (TPSA) is 52.1 Å². The molecule has 4 nitrogen and oxygen atoms in total. The maximum Gasteiger partial charge on any atom is 0.341 e. The van der Waals surface area contributed by atoms with Gasteiger partial charge in [0, 0.05) is 18.0 Å². The van der Waals surface area contributed by atoms with E-state index in [1.54, 1.807) is 6.92 Å². The molecule has 1 aromatic carbocycles. The van der Waals surface area contributed by atoms with Crippen molar-refractivity contribution in [3.8, 4) is 11.4 Å². The van der Waals surface area contributed by atoms with Crippen LogP contribution >= 0.6 is 0 Å². The van der Waals surface area contributed by atoms with Gasteiger partial charge in [0.15, 0.2) is 5.82 Å². The van der Waals surface area contributed by atoms with E-state index in [4.69, 9.17) is 4.74 Å². The van der Waals surface area contributed by atoms with Gasteiger partial charge >= 0.3 is 5.97 Å². The number of hydrogen-bond donors (Lipinski definition) is 0. The Kier molecular flexibility index (Phi) is 4.60. The van der Waals surface area contributed by atoms with Crippen molar-refractivity contribution in [3.63, 3.8) is 0 Å². The quantitative estimate of drug-likeness (QED) is 0.617. The Balaban J connectivity index is 2.17. The number of esters is 1. The predicted octanol–water partition coefficient (Wildman–Crippen LogP) is 3.05. The fraction of sp³-hybridized carbons (Fsp3) is 0.188. The largest absolute Gasteiger partial charge is 0.462 e. The number of aromatic nitrogens is 2. The Morgan fingerprint density at radius 2 is 1.90 bits per heavy atom. The van der Waals surface area contributed by atoms with Gasteiger partial charge in [-0.3, -0.25) is 0 Å². The highest BCUT2D eigenvalue weighted by Crippen LogP contribution is 2.16. The van der Waals surface area contributed by atoms with Gasteiger partial charge in [0.1, 0.15) is 0 Å². The minimum Gasteiger partial charge on any atom is -0.462 e. The average Bonchev–Trinajstić information content (AvgIpc) is 2.49. The molecule has 0 amide bonds. The van der Waals surface area contributed by atoms with E-state index in [-0.39, 0.29) is 0 Å². The normalized spacial score (nSPS) is 10.1. The van der Waals surface area contributed by atoms with Crippen LogP contribution in [0.2, 0.25) is 0 Å². The number of rotatable bonds is 5. The van der Waals surface area contributed by atoms with Crippen molar-refractivity contribution in [1.29, 1.82) is 0 Å². The molecule has 0 fully saturated rings. The minimum atomic E-state index is -0.402. The van der Waals surface area contributed by atoms with Crippen LogP contribution in [-0.4, -0.2) is 22.5 Å². The molecule has 0 N–H and O–H groups in total. The Bertz CT molecular complexity index is 589. The van der Waals surface area contributed by atoms with E-state index < -0.39 is 5.97 Å². The first-order valence-corrected chi connectivity index (χ1v) is 6.44. The van der Waals surface area contributed by atoms with E-state index in [1.165, 1.54) is 18.0 Å². The monoisotopic (exact) mass is 268 g/mol. The zero-order valence-electron chi connectivity index (χ0n) is 11.4. The molecule has 0 unspecified atom stereocenters. The number of hydrogen-bond acceptors (Lipinski definition) is 4. The lowest BCUT2D eigenvalue weighted by Gasteiger charge is -2.03. The van der Waals surface area contributed by atoms with Crippen LogP contribution in [0.3, 0.4) is 0 Å². The molecule has 0 spiro atoms. The van der Waals surface area contributed by atoms with Gasteiger partial charge in [-0.1, -0.05) is 30.3 Å². The summed E-state index contributed by atoms with van der Waals surface area (Å²) in [5.41, 5.74) is 2.46. The molecule has 0 aliphatic heterocycles. The molecule has 0 bridgehead atoms. The lowest BCUT2D eigenvalue weighted by Crippen LogP contribution is -2.06. The van der Waals surface area contributed by atoms with Crippen molar-refractivity contribution in [3.05, 3.63) is 60.4 Å². The standard InChI is InChI=1S/C16H16N2O2/c1-3-5-12-6-8-13(9-7-12)15-17-10-14(11-18-15)16(19)20-4-2/h3,6-11H,1,4-5H2,2H3. The van der Waals surface area contributed by atoms with E-state index in [0.29, 0.717) is 18.0 Å². The van der Waals surface area contributed by atoms with Gasteiger partial charge in [0.05, 0.1) is 12.2 Å². The molecule has 0 radical (unpaired) electrons. The summed E-state index contributed by atoms with van der Waals surface area (Å²) in [4.78, 5) is 19.9. The summed E-state index contributed by atoms with van der Waals surface area (Å²) in [5, 5.41) is 0. The first-order valence-electron chi connectivity index (χ1n) is 6.44. The Labute approximate surface area is 118 Å². The zero-order valence-corrected chi connectivity index (χ0v) is 11.4. The number of nitrogens with zero attached hydrogens (tertiary/aromatic N) is 2. The first-order chi connectivity index (χ1) is 9.74. The fourth-order valence-corrected chi connectivity index (χ4v) is 1.75. The molecule has 20 heavy (non-hydrogen) atoms. The summed E-state index contributed by atoms with van der Waals surface area (Å²) in [5.74, 6) is 0.184. The minimum absolute atomic E-state index is 0.339. The summed E-state index contributed by atoms with van der Waals surface area (Å²) < 4.78 is 4.89. The highest BCUT2D eigenvalue weighted by Gasteiger charge is 2.08. The molecule has 0 saturated heterocycles. The van der Waals surface area contributed by atoms with Gasteiger partial charge in [-0.05, 0) is 18.9 Å². The predicted molar refractivity (Wildman–Crippen MR) is 77.3 cm³/mol. The van der Waals surface area contributed by atoms with Gasteiger partial charge < -0.3 is 4.74 Å². The molecule has 2 aromatic rings. The molecule has 2 rings (SSSR count). The van der Waals surface area contributed by atoms with Crippen molar-refractivity contribution in [2.75, 3.05) is 6.61 Å². The first kappa shape index (κ1) is 13.9. The van der Waals surface area contributed by atoms with Crippen LogP contribution in [0.5, 0.6) is 0 Å². The molecule has 1 aromatic heterocycles. The molecule has 0 aliphatic rings. The number of carbonyl (C=O) groups is 1. The summed E-state index contributed by atoms with van der Waals surface area (Å²) >= 11 is 0. The lowest BCUT2D eigenvalue weighted by atomic mass is 10.1. The van der Waals surface area contributed by atoms with Crippen LogP contribution in [0.4, 0.5) is 0 Å². The van der Waals surface area contributed by atoms with Gasteiger partial charge in [-0.25, -0.2) is 14.8 Å². The zero-order chi connectivity index (χ0) is 14.4. The number of benzene rings is 1. The van der Waals surface area contributed by atoms with E-state index in [1.807, 2.05) is 30.3 Å². The van der Waals surface area contributed by atoms with E-state index in [9.17, 15) is 4.79 Å². The Hall–Kier alpha value is -2.49. The van der Waals surface area contributed by atoms with E-state index in [0.717, 1.165) is 12.0 Å². The number of allylic oxidation sites excluding steroid dienone is 1. The Morgan fingerprint density at radius 1 is 1.25 bits per heavy atom. The van der Waals surface area contributed by atoms with Crippen LogP contribution in [0.15, 0.2) is 49.3 Å². The molecule has 1 heterocycles. The Morgan fingerprint density at radius 3 is 2.45 bits per heavy atom. The van der Waals surface area contributed by atoms with Gasteiger partial charge in [0.2, 0.25) is 0 Å². The lowest BCUT2D eigenvalue weighted by molar-refractivity contribution is 0.0525. The van der Waals surface area contributed by atoms with Crippen molar-refractivity contribution < 1.29 is 9.53 Å². The van der Waals surface area contributed by atoms with Crippen LogP contribution in [0.1, 0.15) is 22.8 Å². The van der Waals surface area contributed by atoms with Crippen LogP contribution in [0, 0.1) is 0 Å². The number of carbonyl (C=O) groups excluding carboxylic acids is 1. The summed E-state index contributed by atoms with van der Waals surface area (Å²) in [6, 6.07) is 7.94. The summed E-state index contributed by atoms with van der Waals surface area (Å²) in [6.07, 6.45) is 5.67. The van der Waals surface area contributed by atoms with Crippen LogP contribution in [-0.2, 0) is 11.2 Å². The van der Waals surface area contributed by atoms with Gasteiger partial charge in [0.25, 0.3) is 0 Å². The van der Waals surface area contributed by atoms with Crippen LogP contribution in [0.25, 0.3) is 11.4 Å². The van der Waals surface area contributed by atoms with E-state index in [2.05, 4.69) is 16.5 Å². The third kappa shape index (κ3) is 3.29. The second-order valence-electron chi connectivity index (χ2n) is 4.21. The summed E-state index contributed by atoms with van der Waals surface area (Å²) in [6.45, 7) is 5.81. The fourth-order valence-electron chi connectivity index (χ4n) is 1.75. The molecular weight excluding hydrogens is 252 g/mol. The van der Waals surface area contributed by atoms with Gasteiger partial charge in [-0.15, -0.1) is 6.58 Å². The molecule has 0 aliphatic carbocycles. The maximum atomic E-state index is 11.5. The van der Waals surface area contributed by atoms with E-state index >= 15 is 0 Å². The molecular formula is C16H16N2O2. The third-order valence-electron chi connectivity index (χ3n) is 2.76. The number of ether oxygens (including phenoxy) is 1. The molecule has 4 heteroatoms. The third-order valence-corrected chi connectivity index (χ3v) is 2.76. The second-order valence-corrected chi connectivity index (χ2v) is 4.21. The highest BCUT2D eigenvalue weighted by atomic mass is 16.5. The molecule has 102 valence electrons. The average molecular weight is 268 g/mol. The molecule has 0 atom stereocenters. The molecule has 0 saturated carbocycles. The van der Waals surface area contributed by atoms with Crippen molar-refractivity contribution in [2.24, 2.45) is 0 Å². The summed E-state index contributed by atoms with van der Waals surface area (Å²) in [7, 11) is 0. The van der Waals surface area contributed by atoms with Crippen molar-refractivity contribution in [2.45, 2.75) is 13.3 Å².